The molecule has 0 N–H and O–H groups in total. The summed E-state index contributed by atoms with van der Waals surface area (Å²) >= 11 is 0. The molecule has 2 aromatic heterocycles. The first-order valence-corrected chi connectivity index (χ1v) is 10.8. The van der Waals surface area contributed by atoms with Crippen LogP contribution in [0.25, 0.3) is 22.1 Å². The number of carbonyl (C=O) groups excluding carboxylic acids is 1. The van der Waals surface area contributed by atoms with Gasteiger partial charge in [-0.05, 0) is 12.5 Å². The van der Waals surface area contributed by atoms with Gasteiger partial charge in [0.25, 0.3) is 5.56 Å². The van der Waals surface area contributed by atoms with E-state index in [1.165, 1.54) is 4.68 Å². The van der Waals surface area contributed by atoms with E-state index in [1.54, 1.807) is 30.5 Å². The van der Waals surface area contributed by atoms with Crippen molar-refractivity contribution in [3.63, 3.8) is 0 Å². The molecule has 164 valence electrons. The quantitative estimate of drug-likeness (QED) is 0.274. The Morgan fingerprint density at radius 2 is 1.75 bits per heavy atom. The zero-order valence-corrected chi connectivity index (χ0v) is 18.0. The van der Waals surface area contributed by atoms with Crippen LogP contribution in [0.1, 0.15) is 49.0 Å². The van der Waals surface area contributed by atoms with E-state index in [0.717, 1.165) is 31.2 Å². The van der Waals surface area contributed by atoms with Gasteiger partial charge in [0.2, 0.25) is 5.89 Å². The predicted molar refractivity (Wildman–Crippen MR) is 121 cm³/mol. The van der Waals surface area contributed by atoms with Crippen molar-refractivity contribution < 1.29 is 13.9 Å². The lowest BCUT2D eigenvalue weighted by Crippen LogP contribution is -2.26. The monoisotopic (exact) mass is 431 g/mol. The van der Waals surface area contributed by atoms with Gasteiger partial charge in [0.15, 0.2) is 18.1 Å². The third-order valence-electron chi connectivity index (χ3n) is 5.22. The van der Waals surface area contributed by atoms with E-state index in [9.17, 15) is 9.59 Å². The van der Waals surface area contributed by atoms with Gasteiger partial charge in [-0.25, -0.2) is 14.5 Å². The van der Waals surface area contributed by atoms with Crippen molar-refractivity contribution in [1.29, 1.82) is 0 Å². The van der Waals surface area contributed by atoms with Crippen molar-refractivity contribution in [3.8, 4) is 11.3 Å². The number of ether oxygens (including phenoxy) is 1. The van der Waals surface area contributed by atoms with Crippen LogP contribution in [0.2, 0.25) is 0 Å². The molecule has 0 aliphatic heterocycles. The molecule has 0 fully saturated rings. The van der Waals surface area contributed by atoms with E-state index in [1.807, 2.05) is 30.3 Å². The van der Waals surface area contributed by atoms with Crippen LogP contribution in [0.3, 0.4) is 0 Å². The van der Waals surface area contributed by atoms with Crippen molar-refractivity contribution in [3.05, 3.63) is 82.7 Å². The van der Waals surface area contributed by atoms with Crippen LogP contribution in [-0.2, 0) is 17.9 Å². The first kappa shape index (κ1) is 21.5. The van der Waals surface area contributed by atoms with Gasteiger partial charge in [0, 0.05) is 17.5 Å². The second-order valence-electron chi connectivity index (χ2n) is 7.54. The summed E-state index contributed by atoms with van der Waals surface area (Å²) in [5.74, 6) is 0.262. The van der Waals surface area contributed by atoms with Gasteiger partial charge in [-0.15, -0.1) is 0 Å². The Labute approximate surface area is 185 Å². The standard InChI is InChI=1S/C25H25N3O4/c1-2-3-4-10-15-28-24(29)20-14-9-8-13-19(20)23(27-28)25(30)31-17-22-26-16-21(32-22)18-11-6-5-7-12-18/h5-9,11-14,16H,2-4,10,15,17H2,1H3. The molecule has 0 unspecified atom stereocenters. The number of oxazole rings is 1. The Hall–Kier alpha value is -3.74. The number of fused-ring (bicyclic) bond motifs is 1. The van der Waals surface area contributed by atoms with Crippen LogP contribution in [0.5, 0.6) is 0 Å². The number of unbranched alkanes of at least 4 members (excludes halogenated alkanes) is 3. The number of hydrogen-bond donors (Lipinski definition) is 0. The fourth-order valence-electron chi connectivity index (χ4n) is 3.53. The Kier molecular flexibility index (Phi) is 6.75. The molecule has 0 radical (unpaired) electrons. The first-order chi connectivity index (χ1) is 15.7. The molecule has 0 aliphatic carbocycles. The smallest absolute Gasteiger partial charge is 0.359 e. The molecule has 0 amide bonds. The maximum atomic E-state index is 12.9. The average Bonchev–Trinajstić information content (AvgIpc) is 3.31. The molecule has 0 saturated heterocycles. The van der Waals surface area contributed by atoms with Crippen LogP contribution in [0.4, 0.5) is 0 Å². The molecule has 4 rings (SSSR count). The number of aromatic nitrogens is 3. The summed E-state index contributed by atoms with van der Waals surface area (Å²) in [4.78, 5) is 29.9. The van der Waals surface area contributed by atoms with E-state index >= 15 is 0 Å². The topological polar surface area (TPSA) is 87.2 Å². The highest BCUT2D eigenvalue weighted by molar-refractivity contribution is 6.02. The van der Waals surface area contributed by atoms with Gasteiger partial charge in [0.1, 0.15) is 0 Å². The minimum Gasteiger partial charge on any atom is -0.451 e. The summed E-state index contributed by atoms with van der Waals surface area (Å²) in [6.45, 7) is 2.46. The summed E-state index contributed by atoms with van der Waals surface area (Å²) in [5, 5.41) is 5.27. The van der Waals surface area contributed by atoms with E-state index < -0.39 is 5.97 Å². The van der Waals surface area contributed by atoms with Crippen LogP contribution < -0.4 is 5.56 Å². The van der Waals surface area contributed by atoms with E-state index in [2.05, 4.69) is 17.0 Å². The largest absolute Gasteiger partial charge is 0.451 e. The number of rotatable bonds is 9. The second kappa shape index (κ2) is 10.0. The molecule has 0 aliphatic rings. The maximum Gasteiger partial charge on any atom is 0.359 e. The molecular weight excluding hydrogens is 406 g/mol. The van der Waals surface area contributed by atoms with Gasteiger partial charge in [0.05, 0.1) is 11.6 Å². The number of nitrogens with zero attached hydrogens (tertiary/aromatic N) is 3. The normalized spacial score (nSPS) is 11.0. The summed E-state index contributed by atoms with van der Waals surface area (Å²) < 4.78 is 12.5. The zero-order valence-electron chi connectivity index (χ0n) is 18.0. The molecule has 7 nitrogen and oxygen atoms in total. The van der Waals surface area contributed by atoms with Gasteiger partial charge >= 0.3 is 5.97 Å². The molecule has 2 heterocycles. The molecule has 0 bridgehead atoms. The van der Waals surface area contributed by atoms with Crippen molar-refractivity contribution in [2.75, 3.05) is 0 Å². The number of hydrogen-bond acceptors (Lipinski definition) is 6. The van der Waals surface area contributed by atoms with E-state index in [0.29, 0.717) is 23.1 Å². The van der Waals surface area contributed by atoms with Gasteiger partial charge in [-0.2, -0.15) is 5.10 Å². The molecular formula is C25H25N3O4. The minimum atomic E-state index is -0.622. The summed E-state index contributed by atoms with van der Waals surface area (Å²) in [6, 6.07) is 16.5. The Morgan fingerprint density at radius 3 is 2.53 bits per heavy atom. The van der Waals surface area contributed by atoms with Crippen molar-refractivity contribution in [2.24, 2.45) is 0 Å². The Bertz CT molecular complexity index is 1260. The van der Waals surface area contributed by atoms with Gasteiger partial charge in [-0.3, -0.25) is 4.79 Å². The number of esters is 1. The molecule has 2 aromatic carbocycles. The van der Waals surface area contributed by atoms with Crippen LogP contribution in [0, 0.1) is 0 Å². The lowest BCUT2D eigenvalue weighted by molar-refractivity contribution is 0.0431. The van der Waals surface area contributed by atoms with E-state index in [4.69, 9.17) is 9.15 Å². The molecule has 32 heavy (non-hydrogen) atoms. The zero-order chi connectivity index (χ0) is 22.3. The third kappa shape index (κ3) is 4.77. The van der Waals surface area contributed by atoms with Crippen molar-refractivity contribution in [2.45, 2.75) is 45.8 Å². The molecule has 0 spiro atoms. The lowest BCUT2D eigenvalue weighted by Gasteiger charge is -2.10. The molecule has 0 saturated carbocycles. The van der Waals surface area contributed by atoms with Crippen molar-refractivity contribution >= 4 is 16.7 Å². The average molecular weight is 431 g/mol. The summed E-state index contributed by atoms with van der Waals surface area (Å²) in [7, 11) is 0. The van der Waals surface area contributed by atoms with Gasteiger partial charge < -0.3 is 9.15 Å². The van der Waals surface area contributed by atoms with Gasteiger partial charge in [-0.1, -0.05) is 74.7 Å². The van der Waals surface area contributed by atoms with Crippen molar-refractivity contribution in [1.82, 2.24) is 14.8 Å². The minimum absolute atomic E-state index is 0.116. The highest BCUT2D eigenvalue weighted by atomic mass is 16.5. The number of aryl methyl sites for hydroxylation is 1. The Morgan fingerprint density at radius 1 is 1.00 bits per heavy atom. The third-order valence-corrected chi connectivity index (χ3v) is 5.22. The fraction of sp³-hybridized carbons (Fsp3) is 0.280. The van der Waals surface area contributed by atoms with Crippen LogP contribution in [0.15, 0.2) is 70.0 Å². The highest BCUT2D eigenvalue weighted by Gasteiger charge is 2.19. The maximum absolute atomic E-state index is 12.9. The van der Waals surface area contributed by atoms with Crippen LogP contribution in [-0.4, -0.2) is 20.7 Å². The summed E-state index contributed by atoms with van der Waals surface area (Å²) in [5.41, 5.74) is 0.805. The summed E-state index contributed by atoms with van der Waals surface area (Å²) in [6.07, 6.45) is 5.63. The lowest BCUT2D eigenvalue weighted by atomic mass is 10.1. The number of carbonyl (C=O) groups is 1. The molecule has 4 aromatic rings. The molecule has 0 atom stereocenters. The van der Waals surface area contributed by atoms with Crippen LogP contribution >= 0.6 is 0 Å². The second-order valence-corrected chi connectivity index (χ2v) is 7.54. The molecule has 7 heteroatoms. The SMILES string of the molecule is CCCCCCn1nc(C(=O)OCc2ncc(-c3ccccc3)o2)c2ccccc2c1=O. The Balaban J connectivity index is 1.53. The predicted octanol–water partition coefficient (Wildman–Crippen LogP) is 4.99. The fourth-order valence-corrected chi connectivity index (χ4v) is 3.53. The number of benzene rings is 2. The highest BCUT2D eigenvalue weighted by Crippen LogP contribution is 2.21. The first-order valence-electron chi connectivity index (χ1n) is 10.8. The van der Waals surface area contributed by atoms with E-state index in [-0.39, 0.29) is 23.8 Å².